The van der Waals surface area contributed by atoms with Gasteiger partial charge in [-0.3, -0.25) is 4.79 Å². The summed E-state index contributed by atoms with van der Waals surface area (Å²) in [6, 6.07) is 0. The average Bonchev–Trinajstić information content (AvgIpc) is 2.61. The highest BCUT2D eigenvalue weighted by Crippen LogP contribution is 2.22. The van der Waals surface area contributed by atoms with E-state index >= 15 is 0 Å². The van der Waals surface area contributed by atoms with Crippen molar-refractivity contribution in [2.45, 2.75) is 70.7 Å². The lowest BCUT2D eigenvalue weighted by Crippen LogP contribution is -2.35. The zero-order valence-corrected chi connectivity index (χ0v) is 16.8. The molecule has 0 atom stereocenters. The lowest BCUT2D eigenvalue weighted by molar-refractivity contribution is -0.137. The van der Waals surface area contributed by atoms with Crippen molar-refractivity contribution in [3.05, 3.63) is 25.3 Å². The summed E-state index contributed by atoms with van der Waals surface area (Å²) in [4.78, 5) is 19.9. The number of methoxy groups -OCH3 is 3. The molecule has 0 aromatic rings. The monoisotopic (exact) mass is 440 g/mol. The minimum Gasteiger partial charge on any atom is -0.463 e. The topological polar surface area (TPSA) is 71.1 Å². The first-order valence-corrected chi connectivity index (χ1v) is 8.21. The van der Waals surface area contributed by atoms with E-state index in [1.54, 1.807) is 21.3 Å². The third-order valence-corrected chi connectivity index (χ3v) is 3.00. The molecule has 0 rings (SSSR count). The van der Waals surface area contributed by atoms with Crippen molar-refractivity contribution in [3.8, 4) is 0 Å². The molecule has 0 aromatic carbocycles. The molecule has 0 spiro atoms. The number of rotatable bonds is 11. The van der Waals surface area contributed by atoms with Crippen molar-refractivity contribution < 1.29 is 28.5 Å². The molecule has 0 amide bonds. The van der Waals surface area contributed by atoms with E-state index in [1.807, 2.05) is 6.92 Å². The second-order valence-corrected chi connectivity index (χ2v) is 5.34. The smallest absolute Gasteiger partial charge is 0.330 e. The first kappa shape index (κ1) is 51.3. The molecular formula is C24H56O6. The molecule has 0 saturated carbocycles. The third kappa shape index (κ3) is 37.3. The van der Waals surface area contributed by atoms with Gasteiger partial charge in [0, 0.05) is 32.8 Å². The van der Waals surface area contributed by atoms with Gasteiger partial charge in [-0.1, -0.05) is 64.1 Å². The van der Waals surface area contributed by atoms with Crippen LogP contribution in [0.1, 0.15) is 70.7 Å². The van der Waals surface area contributed by atoms with Crippen LogP contribution in [0.2, 0.25) is 0 Å². The number of carbonyl (C=O) groups excluding carboxylic acids is 2. The molecule has 0 aromatic heterocycles. The Bertz CT molecular complexity index is 337. The number of carbonyl (C=O) groups is 2. The third-order valence-electron chi connectivity index (χ3n) is 3.00. The SMILES string of the molecule is C.C.C.C.C.C=CC(=O)OCCC.C=CC(C)=O.CCC(COC)(COC)COC. The molecule has 0 N–H and O–H groups in total. The normalized spacial score (nSPS) is 8.07. The van der Waals surface area contributed by atoms with Gasteiger partial charge in [-0.05, 0) is 25.8 Å². The summed E-state index contributed by atoms with van der Waals surface area (Å²) in [5, 5.41) is 0. The summed E-state index contributed by atoms with van der Waals surface area (Å²) >= 11 is 0. The van der Waals surface area contributed by atoms with Crippen LogP contribution in [-0.2, 0) is 28.5 Å². The summed E-state index contributed by atoms with van der Waals surface area (Å²) in [6.07, 6.45) is 4.30. The van der Waals surface area contributed by atoms with Gasteiger partial charge in [-0.15, -0.1) is 0 Å². The highest BCUT2D eigenvalue weighted by atomic mass is 16.5. The van der Waals surface area contributed by atoms with Gasteiger partial charge in [0.15, 0.2) is 5.78 Å². The molecule has 6 heteroatoms. The van der Waals surface area contributed by atoms with Gasteiger partial charge in [0.25, 0.3) is 0 Å². The van der Waals surface area contributed by atoms with E-state index in [1.165, 1.54) is 13.0 Å². The maximum atomic E-state index is 10.2. The molecule has 0 heterocycles. The Morgan fingerprint density at radius 1 is 0.800 bits per heavy atom. The molecule has 6 nitrogen and oxygen atoms in total. The van der Waals surface area contributed by atoms with Crippen molar-refractivity contribution in [3.63, 3.8) is 0 Å². The van der Waals surface area contributed by atoms with E-state index in [2.05, 4.69) is 24.8 Å². The van der Waals surface area contributed by atoms with Gasteiger partial charge >= 0.3 is 5.97 Å². The van der Waals surface area contributed by atoms with Crippen LogP contribution >= 0.6 is 0 Å². The van der Waals surface area contributed by atoms with Gasteiger partial charge in [-0.2, -0.15) is 0 Å². The zero-order chi connectivity index (χ0) is 20.1. The zero-order valence-electron chi connectivity index (χ0n) is 16.8. The molecule has 0 aliphatic rings. The molecule has 0 aliphatic heterocycles. The van der Waals surface area contributed by atoms with Crippen LogP contribution in [0.5, 0.6) is 0 Å². The molecule has 30 heavy (non-hydrogen) atoms. The number of esters is 1. The van der Waals surface area contributed by atoms with Crippen molar-refractivity contribution in [1.29, 1.82) is 0 Å². The van der Waals surface area contributed by atoms with E-state index in [4.69, 9.17) is 14.2 Å². The summed E-state index contributed by atoms with van der Waals surface area (Å²) in [6.45, 7) is 14.5. The van der Waals surface area contributed by atoms with Crippen molar-refractivity contribution in [2.75, 3.05) is 47.8 Å². The Morgan fingerprint density at radius 3 is 1.30 bits per heavy atom. The van der Waals surface area contributed by atoms with Gasteiger partial charge in [-0.25, -0.2) is 4.79 Å². The Kier molecular flexibility index (Phi) is 65.2. The first-order chi connectivity index (χ1) is 11.8. The second kappa shape index (κ2) is 38.1. The van der Waals surface area contributed by atoms with E-state index in [9.17, 15) is 9.59 Å². The van der Waals surface area contributed by atoms with Crippen LogP contribution in [0.25, 0.3) is 0 Å². The van der Waals surface area contributed by atoms with Gasteiger partial charge in [0.2, 0.25) is 0 Å². The number of hydrogen-bond donors (Lipinski definition) is 0. The Labute approximate surface area is 190 Å². The quantitative estimate of drug-likeness (QED) is 0.274. The van der Waals surface area contributed by atoms with Gasteiger partial charge in [0.05, 0.1) is 26.4 Å². The highest BCUT2D eigenvalue weighted by Gasteiger charge is 2.28. The summed E-state index contributed by atoms with van der Waals surface area (Å²) in [5.41, 5.74) is 0.0260. The van der Waals surface area contributed by atoms with Crippen LogP contribution in [0.15, 0.2) is 25.3 Å². The van der Waals surface area contributed by atoms with Crippen LogP contribution in [0.3, 0.4) is 0 Å². The van der Waals surface area contributed by atoms with E-state index in [0.29, 0.717) is 26.4 Å². The van der Waals surface area contributed by atoms with Crippen LogP contribution in [0, 0.1) is 5.41 Å². The molecule has 0 fully saturated rings. The summed E-state index contributed by atoms with van der Waals surface area (Å²) < 4.78 is 20.0. The van der Waals surface area contributed by atoms with Crippen molar-refractivity contribution in [1.82, 2.24) is 0 Å². The van der Waals surface area contributed by atoms with Gasteiger partial charge < -0.3 is 18.9 Å². The van der Waals surface area contributed by atoms with Crippen LogP contribution < -0.4 is 0 Å². The predicted octanol–water partition coefficient (Wildman–Crippen LogP) is 6.39. The Morgan fingerprint density at radius 2 is 1.13 bits per heavy atom. The Balaban J connectivity index is -0.0000000399. The van der Waals surface area contributed by atoms with E-state index in [-0.39, 0.29) is 54.3 Å². The maximum Gasteiger partial charge on any atom is 0.330 e. The lowest BCUT2D eigenvalue weighted by Gasteiger charge is -2.30. The molecule has 0 saturated heterocycles. The average molecular weight is 441 g/mol. The van der Waals surface area contributed by atoms with Gasteiger partial charge in [0.1, 0.15) is 0 Å². The first-order valence-electron chi connectivity index (χ1n) is 8.21. The summed E-state index contributed by atoms with van der Waals surface area (Å²) in [7, 11) is 5.11. The summed E-state index contributed by atoms with van der Waals surface area (Å²) in [5.74, 6) is -0.322. The molecule has 0 radical (unpaired) electrons. The lowest BCUT2D eigenvalue weighted by atomic mass is 9.88. The van der Waals surface area contributed by atoms with Crippen molar-refractivity contribution >= 4 is 11.8 Å². The fourth-order valence-corrected chi connectivity index (χ4v) is 1.61. The number of ether oxygens (including phenoxy) is 4. The number of hydrogen-bond acceptors (Lipinski definition) is 6. The maximum absolute atomic E-state index is 10.2. The largest absolute Gasteiger partial charge is 0.463 e. The molecule has 188 valence electrons. The number of allylic oxidation sites excluding steroid dienone is 1. The van der Waals surface area contributed by atoms with E-state index < -0.39 is 0 Å². The minimum atomic E-state index is -0.341. The number of ketones is 1. The van der Waals surface area contributed by atoms with Crippen molar-refractivity contribution in [2.24, 2.45) is 5.41 Å². The highest BCUT2D eigenvalue weighted by molar-refractivity contribution is 5.86. The fourth-order valence-electron chi connectivity index (χ4n) is 1.61. The van der Waals surface area contributed by atoms with Crippen LogP contribution in [-0.4, -0.2) is 59.5 Å². The standard InChI is InChI=1S/C9H20O3.C6H10O2.C4H6O.5CH4/c1-5-9(6-10-2,7-11-3)8-12-4;1-3-5-8-6(7)4-2;1-3-4(2)5;;;;;/h5-8H2,1-4H3;4H,2-3,5H2,1H3;3H,1H2,2H3;5*1H4. The Hall–Kier alpha value is -1.50. The van der Waals surface area contributed by atoms with E-state index in [0.717, 1.165) is 18.9 Å². The molecule has 0 unspecified atom stereocenters. The molecule has 0 bridgehead atoms. The molecular weight excluding hydrogens is 384 g/mol. The molecule has 0 aliphatic carbocycles. The minimum absolute atomic E-state index is 0. The fraction of sp³-hybridized carbons (Fsp3) is 0.750. The predicted molar refractivity (Wildman–Crippen MR) is 134 cm³/mol. The van der Waals surface area contributed by atoms with Crippen LogP contribution in [0.4, 0.5) is 0 Å². The second-order valence-electron chi connectivity index (χ2n) is 5.34.